The van der Waals surface area contributed by atoms with Gasteiger partial charge in [-0.15, -0.1) is 11.3 Å². The Morgan fingerprint density at radius 1 is 1.18 bits per heavy atom. The molecule has 2 aromatic carbocycles. The van der Waals surface area contributed by atoms with Crippen LogP contribution in [-0.4, -0.2) is 49.7 Å². The second-order valence-electron chi connectivity index (χ2n) is 7.95. The van der Waals surface area contributed by atoms with E-state index in [4.69, 9.17) is 16.6 Å². The lowest BCUT2D eigenvalue weighted by atomic mass is 10.1. The van der Waals surface area contributed by atoms with E-state index in [1.54, 1.807) is 11.1 Å². The number of hydrogen-bond acceptors (Lipinski definition) is 7. The fraction of sp³-hybridized carbons (Fsp3) is 0.208. The standard InChI is InChI=1S/C24H21ClN4O3S/c25-21-16(14-5-2-1-3-6-14)7-4-8-17(21)27-23-22-19(9-10-26-23)33-20(28-22)13-29-12-15(30)11-18(29)24(31)32/h1-10,15,18,30H,11-13H2,(H,26,27)(H,31,32)/t15-,18-/m0/s1. The van der Waals surface area contributed by atoms with Crippen molar-refractivity contribution < 1.29 is 15.0 Å². The third-order valence-electron chi connectivity index (χ3n) is 5.69. The van der Waals surface area contributed by atoms with E-state index in [2.05, 4.69) is 10.3 Å². The minimum Gasteiger partial charge on any atom is -0.480 e. The van der Waals surface area contributed by atoms with Gasteiger partial charge in [0.1, 0.15) is 16.6 Å². The number of likely N-dealkylation sites (tertiary alicyclic amines) is 1. The number of nitrogens with one attached hydrogen (secondary N) is 1. The SMILES string of the molecule is O=C(O)[C@@H]1C[C@H](O)CN1Cc1nc2c(Nc3cccc(-c4ccccc4)c3Cl)nccc2s1. The van der Waals surface area contributed by atoms with Gasteiger partial charge in [0.2, 0.25) is 0 Å². The summed E-state index contributed by atoms with van der Waals surface area (Å²) in [4.78, 5) is 22.5. The van der Waals surface area contributed by atoms with Crippen LogP contribution < -0.4 is 5.32 Å². The van der Waals surface area contributed by atoms with Crippen molar-refractivity contribution in [1.82, 2.24) is 14.9 Å². The lowest BCUT2D eigenvalue weighted by Crippen LogP contribution is -2.35. The van der Waals surface area contributed by atoms with E-state index in [1.807, 2.05) is 54.6 Å². The molecule has 9 heteroatoms. The van der Waals surface area contributed by atoms with Crippen LogP contribution in [0, 0.1) is 0 Å². The Hall–Kier alpha value is -3.04. The van der Waals surface area contributed by atoms with Gasteiger partial charge in [-0.1, -0.05) is 54.1 Å². The van der Waals surface area contributed by atoms with E-state index in [-0.39, 0.29) is 6.42 Å². The van der Waals surface area contributed by atoms with Crippen LogP contribution in [-0.2, 0) is 11.3 Å². The Morgan fingerprint density at radius 2 is 2.00 bits per heavy atom. The van der Waals surface area contributed by atoms with Gasteiger partial charge in [0.05, 0.1) is 28.1 Å². The van der Waals surface area contributed by atoms with Crippen molar-refractivity contribution >= 4 is 50.6 Å². The van der Waals surface area contributed by atoms with E-state index in [0.29, 0.717) is 29.4 Å². The van der Waals surface area contributed by atoms with Crippen molar-refractivity contribution in [2.75, 3.05) is 11.9 Å². The highest BCUT2D eigenvalue weighted by molar-refractivity contribution is 7.18. The first-order valence-corrected chi connectivity index (χ1v) is 11.7. The average molecular weight is 481 g/mol. The molecule has 3 N–H and O–H groups in total. The number of fused-ring (bicyclic) bond motifs is 1. The number of anilines is 2. The maximum Gasteiger partial charge on any atom is 0.321 e. The maximum absolute atomic E-state index is 11.5. The Kier molecular flexibility index (Phi) is 5.99. The van der Waals surface area contributed by atoms with Gasteiger partial charge in [0, 0.05) is 24.7 Å². The molecule has 4 aromatic rings. The number of aliphatic hydroxyl groups is 1. The number of aliphatic hydroxyl groups excluding tert-OH is 1. The summed E-state index contributed by atoms with van der Waals surface area (Å²) < 4.78 is 0.935. The first-order valence-electron chi connectivity index (χ1n) is 10.5. The smallest absolute Gasteiger partial charge is 0.321 e. The van der Waals surface area contributed by atoms with Crippen molar-refractivity contribution in [3.8, 4) is 11.1 Å². The number of carbonyl (C=O) groups is 1. The van der Waals surface area contributed by atoms with E-state index in [0.717, 1.165) is 26.5 Å². The largest absolute Gasteiger partial charge is 0.480 e. The molecule has 3 heterocycles. The van der Waals surface area contributed by atoms with E-state index in [1.165, 1.54) is 11.3 Å². The molecule has 5 rings (SSSR count). The van der Waals surface area contributed by atoms with Crippen molar-refractivity contribution in [3.63, 3.8) is 0 Å². The Balaban J connectivity index is 1.44. The highest BCUT2D eigenvalue weighted by Crippen LogP contribution is 2.37. The molecule has 0 spiro atoms. The Morgan fingerprint density at radius 3 is 2.79 bits per heavy atom. The Bertz CT molecular complexity index is 1310. The van der Waals surface area contributed by atoms with Crippen LogP contribution in [0.1, 0.15) is 11.4 Å². The summed E-state index contributed by atoms with van der Waals surface area (Å²) in [6.45, 7) is 0.676. The van der Waals surface area contributed by atoms with E-state index in [9.17, 15) is 15.0 Å². The zero-order valence-corrected chi connectivity index (χ0v) is 19.1. The molecule has 1 saturated heterocycles. The molecule has 0 amide bonds. The van der Waals surface area contributed by atoms with Gasteiger partial charge in [-0.3, -0.25) is 9.69 Å². The number of benzene rings is 2. The first-order chi connectivity index (χ1) is 16.0. The summed E-state index contributed by atoms with van der Waals surface area (Å²) in [5, 5.41) is 24.1. The predicted octanol–water partition coefficient (Wildman–Crippen LogP) is 4.78. The van der Waals surface area contributed by atoms with Crippen molar-refractivity contribution in [1.29, 1.82) is 0 Å². The van der Waals surface area contributed by atoms with Crippen LogP contribution >= 0.6 is 22.9 Å². The molecule has 33 heavy (non-hydrogen) atoms. The molecule has 2 atom stereocenters. The second kappa shape index (κ2) is 9.07. The topological polar surface area (TPSA) is 98.6 Å². The summed E-state index contributed by atoms with van der Waals surface area (Å²) in [5.74, 6) is -0.344. The van der Waals surface area contributed by atoms with Gasteiger partial charge in [0.15, 0.2) is 5.82 Å². The third kappa shape index (κ3) is 4.43. The summed E-state index contributed by atoms with van der Waals surface area (Å²) in [5.41, 5.74) is 3.36. The van der Waals surface area contributed by atoms with Crippen molar-refractivity contribution in [2.45, 2.75) is 25.1 Å². The number of β-amino-alcohol motifs (C(OH)–C–C–N with tert-alkyl or cyclic N) is 1. The molecule has 7 nitrogen and oxygen atoms in total. The minimum absolute atomic E-state index is 0.227. The van der Waals surface area contributed by atoms with Crippen LogP contribution in [0.2, 0.25) is 5.02 Å². The zero-order valence-electron chi connectivity index (χ0n) is 17.5. The predicted molar refractivity (Wildman–Crippen MR) is 130 cm³/mol. The third-order valence-corrected chi connectivity index (χ3v) is 7.11. The number of carboxylic acids is 1. The normalized spacial score (nSPS) is 18.6. The van der Waals surface area contributed by atoms with Gasteiger partial charge in [-0.25, -0.2) is 9.97 Å². The number of halogens is 1. The highest BCUT2D eigenvalue weighted by atomic mass is 35.5. The average Bonchev–Trinajstić information content (AvgIpc) is 3.39. The number of nitrogens with zero attached hydrogens (tertiary/aromatic N) is 3. The molecule has 168 valence electrons. The van der Waals surface area contributed by atoms with Crippen molar-refractivity contribution in [2.24, 2.45) is 0 Å². The number of rotatable bonds is 6. The van der Waals surface area contributed by atoms with Gasteiger partial charge < -0.3 is 15.5 Å². The molecule has 0 unspecified atom stereocenters. The van der Waals surface area contributed by atoms with Crippen LogP contribution in [0.5, 0.6) is 0 Å². The fourth-order valence-electron chi connectivity index (χ4n) is 4.14. The lowest BCUT2D eigenvalue weighted by Gasteiger charge is -2.18. The van der Waals surface area contributed by atoms with Crippen LogP contribution in [0.3, 0.4) is 0 Å². The van der Waals surface area contributed by atoms with E-state index < -0.39 is 18.1 Å². The first kappa shape index (κ1) is 21.8. The molecule has 0 radical (unpaired) electrons. The van der Waals surface area contributed by atoms with Crippen molar-refractivity contribution in [3.05, 3.63) is 70.8 Å². The quantitative estimate of drug-likeness (QED) is 0.365. The van der Waals surface area contributed by atoms with Gasteiger partial charge in [-0.2, -0.15) is 0 Å². The number of hydrogen-bond donors (Lipinski definition) is 3. The highest BCUT2D eigenvalue weighted by Gasteiger charge is 2.36. The monoisotopic (exact) mass is 480 g/mol. The molecular formula is C24H21ClN4O3S. The fourth-order valence-corrected chi connectivity index (χ4v) is 5.41. The van der Waals surface area contributed by atoms with Crippen LogP contribution in [0.15, 0.2) is 60.8 Å². The molecule has 0 saturated carbocycles. The molecule has 2 aromatic heterocycles. The molecule has 1 fully saturated rings. The van der Waals surface area contributed by atoms with E-state index >= 15 is 0 Å². The van der Waals surface area contributed by atoms with Crippen LogP contribution in [0.25, 0.3) is 21.3 Å². The number of thiazole rings is 1. The molecule has 0 bridgehead atoms. The summed E-state index contributed by atoms with van der Waals surface area (Å²) >= 11 is 8.22. The van der Waals surface area contributed by atoms with Gasteiger partial charge >= 0.3 is 5.97 Å². The minimum atomic E-state index is -0.926. The summed E-state index contributed by atoms with van der Waals surface area (Å²) in [6, 6.07) is 16.9. The molecular weight excluding hydrogens is 460 g/mol. The second-order valence-corrected chi connectivity index (χ2v) is 9.44. The lowest BCUT2D eigenvalue weighted by molar-refractivity contribution is -0.142. The number of aromatic nitrogens is 2. The zero-order chi connectivity index (χ0) is 22.9. The number of pyridine rings is 1. The number of carboxylic acid groups (broad SMARTS) is 1. The molecule has 1 aliphatic heterocycles. The molecule has 0 aliphatic carbocycles. The molecule has 1 aliphatic rings. The van der Waals surface area contributed by atoms with Gasteiger partial charge in [-0.05, 0) is 17.7 Å². The Labute approximate surface area is 199 Å². The maximum atomic E-state index is 11.5. The van der Waals surface area contributed by atoms with Gasteiger partial charge in [0.25, 0.3) is 0 Å². The summed E-state index contributed by atoms with van der Waals surface area (Å²) in [6.07, 6.45) is 1.30. The summed E-state index contributed by atoms with van der Waals surface area (Å²) in [7, 11) is 0. The number of aliphatic carboxylic acids is 1. The van der Waals surface area contributed by atoms with Crippen LogP contribution in [0.4, 0.5) is 11.5 Å².